The minimum atomic E-state index is -2.25. The molecule has 1 aliphatic carbocycles. The van der Waals surface area contributed by atoms with Crippen molar-refractivity contribution in [3.63, 3.8) is 0 Å². The molecular weight excluding hydrogens is 510 g/mol. The van der Waals surface area contributed by atoms with E-state index in [0.29, 0.717) is 37.4 Å². The van der Waals surface area contributed by atoms with Crippen LogP contribution in [0.3, 0.4) is 0 Å². The Morgan fingerprint density at radius 1 is 1.05 bits per heavy atom. The van der Waals surface area contributed by atoms with E-state index in [2.05, 4.69) is 39.9 Å². The summed E-state index contributed by atoms with van der Waals surface area (Å²) in [4.78, 5) is 29.2. The molecule has 1 aliphatic heterocycles. The maximum atomic E-state index is 13.4. The van der Waals surface area contributed by atoms with Crippen LogP contribution in [0.15, 0.2) is 24.5 Å². The lowest BCUT2D eigenvalue weighted by Crippen LogP contribution is -2.38. The summed E-state index contributed by atoms with van der Waals surface area (Å²) in [6.07, 6.45) is 8.26. The standard InChI is InChI=1S/C31H42F2N6O/c1-5-6-19(2)36-31-34-17-26-27(18-39(29(26)37-31)25-9-7-23(8-10-25)28(32)33)22-11-13-38(14-12-22)30(40)24-15-20(3)35-21(4)16-24/h15-19,22-23,25,28H,5-14H2,1-4H3,(H,34,36,37). The summed E-state index contributed by atoms with van der Waals surface area (Å²) < 4.78 is 29.0. The van der Waals surface area contributed by atoms with Gasteiger partial charge in [0.25, 0.3) is 5.91 Å². The smallest absolute Gasteiger partial charge is 0.253 e. The van der Waals surface area contributed by atoms with Crippen LogP contribution in [0, 0.1) is 19.8 Å². The van der Waals surface area contributed by atoms with Crippen LogP contribution in [0.2, 0.25) is 0 Å². The zero-order valence-electron chi connectivity index (χ0n) is 24.2. The van der Waals surface area contributed by atoms with E-state index in [0.717, 1.165) is 60.9 Å². The molecule has 9 heteroatoms. The molecule has 0 bridgehead atoms. The van der Waals surface area contributed by atoms with E-state index in [-0.39, 0.29) is 23.9 Å². The van der Waals surface area contributed by atoms with Crippen molar-refractivity contribution >= 4 is 22.9 Å². The fourth-order valence-electron chi connectivity index (χ4n) is 6.62. The summed E-state index contributed by atoms with van der Waals surface area (Å²) in [5.74, 6) is 0.455. The van der Waals surface area contributed by atoms with Crippen molar-refractivity contribution in [2.75, 3.05) is 18.4 Å². The van der Waals surface area contributed by atoms with Crippen molar-refractivity contribution in [3.05, 3.63) is 47.0 Å². The number of aromatic nitrogens is 4. The van der Waals surface area contributed by atoms with Crippen LogP contribution < -0.4 is 5.32 Å². The number of carbonyl (C=O) groups is 1. The Hall–Kier alpha value is -3.10. The van der Waals surface area contributed by atoms with Gasteiger partial charge in [-0.3, -0.25) is 9.78 Å². The van der Waals surface area contributed by atoms with Gasteiger partial charge in [-0.25, -0.2) is 13.8 Å². The third-order valence-corrected chi connectivity index (χ3v) is 8.74. The van der Waals surface area contributed by atoms with Crippen molar-refractivity contribution in [2.45, 2.75) is 103 Å². The Balaban J connectivity index is 1.38. The Morgan fingerprint density at radius 3 is 2.35 bits per heavy atom. The van der Waals surface area contributed by atoms with Crippen LogP contribution in [0.25, 0.3) is 11.0 Å². The Morgan fingerprint density at radius 2 is 1.73 bits per heavy atom. The highest BCUT2D eigenvalue weighted by molar-refractivity contribution is 5.94. The van der Waals surface area contributed by atoms with Gasteiger partial charge in [0.1, 0.15) is 5.65 Å². The molecule has 3 aromatic rings. The normalized spacial score (nSPS) is 21.2. The van der Waals surface area contributed by atoms with Crippen LogP contribution in [-0.2, 0) is 0 Å². The monoisotopic (exact) mass is 552 g/mol. The number of nitrogens with zero attached hydrogens (tertiary/aromatic N) is 5. The van der Waals surface area contributed by atoms with Gasteiger partial charge in [0.2, 0.25) is 12.4 Å². The van der Waals surface area contributed by atoms with Crippen molar-refractivity contribution in [1.82, 2.24) is 24.4 Å². The number of carbonyl (C=O) groups excluding carboxylic acids is 1. The lowest BCUT2D eigenvalue weighted by Gasteiger charge is -2.32. The van der Waals surface area contributed by atoms with Gasteiger partial charge in [-0.15, -0.1) is 0 Å². The van der Waals surface area contributed by atoms with Gasteiger partial charge in [-0.05, 0) is 89.3 Å². The van der Waals surface area contributed by atoms with Crippen molar-refractivity contribution in [1.29, 1.82) is 0 Å². The molecule has 3 aromatic heterocycles. The second-order valence-electron chi connectivity index (χ2n) is 11.9. The molecule has 5 rings (SSSR count). The Kier molecular flexibility index (Phi) is 8.66. The predicted octanol–water partition coefficient (Wildman–Crippen LogP) is 7.06. The van der Waals surface area contributed by atoms with Gasteiger partial charge in [-0.1, -0.05) is 13.3 Å². The molecule has 7 nitrogen and oxygen atoms in total. The first-order chi connectivity index (χ1) is 19.2. The van der Waals surface area contributed by atoms with Gasteiger partial charge in [0.15, 0.2) is 0 Å². The second kappa shape index (κ2) is 12.2. The number of rotatable bonds is 8. The number of halogens is 2. The lowest BCUT2D eigenvalue weighted by molar-refractivity contribution is 0.0481. The molecule has 1 N–H and O–H groups in total. The van der Waals surface area contributed by atoms with Crippen LogP contribution in [0.1, 0.15) is 104 Å². The van der Waals surface area contributed by atoms with E-state index in [4.69, 9.17) is 4.98 Å². The molecule has 1 saturated heterocycles. The van der Waals surface area contributed by atoms with Crippen LogP contribution in [-0.4, -0.2) is 55.9 Å². The third kappa shape index (κ3) is 6.13. The van der Waals surface area contributed by atoms with Crippen molar-refractivity contribution in [3.8, 4) is 0 Å². The number of anilines is 1. The summed E-state index contributed by atoms with van der Waals surface area (Å²) in [5.41, 5.74) is 4.50. The fraction of sp³-hybridized carbons (Fsp3) is 0.613. The van der Waals surface area contributed by atoms with Crippen LogP contribution in [0.4, 0.5) is 14.7 Å². The average Bonchev–Trinajstić information content (AvgIpc) is 3.31. The van der Waals surface area contributed by atoms with E-state index >= 15 is 0 Å². The molecular formula is C31H42F2N6O. The summed E-state index contributed by atoms with van der Waals surface area (Å²) >= 11 is 0. The van der Waals surface area contributed by atoms with E-state index in [1.165, 1.54) is 5.56 Å². The van der Waals surface area contributed by atoms with E-state index < -0.39 is 12.3 Å². The van der Waals surface area contributed by atoms with E-state index in [1.54, 1.807) is 0 Å². The van der Waals surface area contributed by atoms with Gasteiger partial charge >= 0.3 is 0 Å². The van der Waals surface area contributed by atoms with Gasteiger partial charge in [-0.2, -0.15) is 4.98 Å². The quantitative estimate of drug-likeness (QED) is 0.324. The van der Waals surface area contributed by atoms with Crippen LogP contribution >= 0.6 is 0 Å². The number of fused-ring (bicyclic) bond motifs is 1. The molecule has 2 aliphatic rings. The largest absolute Gasteiger partial charge is 0.352 e. The molecule has 1 unspecified atom stereocenters. The molecule has 40 heavy (non-hydrogen) atoms. The highest BCUT2D eigenvalue weighted by atomic mass is 19.3. The molecule has 1 amide bonds. The highest BCUT2D eigenvalue weighted by Crippen LogP contribution is 2.40. The zero-order valence-corrected chi connectivity index (χ0v) is 24.2. The lowest BCUT2D eigenvalue weighted by atomic mass is 9.86. The first kappa shape index (κ1) is 28.4. The number of hydrogen-bond donors (Lipinski definition) is 1. The number of hydrogen-bond acceptors (Lipinski definition) is 5. The van der Waals surface area contributed by atoms with Crippen LogP contribution in [0.5, 0.6) is 0 Å². The van der Waals surface area contributed by atoms with E-state index in [1.807, 2.05) is 37.1 Å². The molecule has 0 radical (unpaired) electrons. The Bertz CT molecular complexity index is 1300. The molecule has 4 heterocycles. The number of alkyl halides is 2. The molecule has 2 fully saturated rings. The summed E-state index contributed by atoms with van der Waals surface area (Å²) in [5, 5.41) is 4.47. The maximum absolute atomic E-state index is 13.4. The number of nitrogens with one attached hydrogen (secondary N) is 1. The minimum Gasteiger partial charge on any atom is -0.352 e. The summed E-state index contributed by atoms with van der Waals surface area (Å²) in [6.45, 7) is 9.50. The molecule has 1 atom stereocenters. The first-order valence-electron chi connectivity index (χ1n) is 14.9. The minimum absolute atomic E-state index is 0.0607. The molecule has 0 aromatic carbocycles. The molecule has 0 spiro atoms. The number of likely N-dealkylation sites (tertiary alicyclic amines) is 1. The number of aryl methyl sites for hydroxylation is 2. The SMILES string of the molecule is CCCC(C)Nc1ncc2c(C3CCN(C(=O)c4cc(C)nc(C)c4)CC3)cn(C3CCC(C(F)F)CC3)c2n1. The molecule has 1 saturated carbocycles. The Labute approximate surface area is 235 Å². The van der Waals surface area contributed by atoms with Gasteiger partial charge in [0.05, 0.1) is 0 Å². The van der Waals surface area contributed by atoms with Gasteiger partial charge < -0.3 is 14.8 Å². The third-order valence-electron chi connectivity index (χ3n) is 8.74. The number of piperidine rings is 1. The number of amides is 1. The second-order valence-corrected chi connectivity index (χ2v) is 11.9. The summed E-state index contributed by atoms with van der Waals surface area (Å²) in [6, 6.07) is 4.15. The zero-order chi connectivity index (χ0) is 28.4. The molecule has 216 valence electrons. The van der Waals surface area contributed by atoms with Crippen molar-refractivity contribution in [2.24, 2.45) is 5.92 Å². The fourth-order valence-corrected chi connectivity index (χ4v) is 6.62. The first-order valence-corrected chi connectivity index (χ1v) is 14.9. The topological polar surface area (TPSA) is 75.9 Å². The predicted molar refractivity (Wildman–Crippen MR) is 154 cm³/mol. The summed E-state index contributed by atoms with van der Waals surface area (Å²) in [7, 11) is 0. The van der Waals surface area contributed by atoms with Gasteiger partial charge in [0, 0.05) is 65.8 Å². The van der Waals surface area contributed by atoms with E-state index in [9.17, 15) is 13.6 Å². The average molecular weight is 553 g/mol. The highest BCUT2D eigenvalue weighted by Gasteiger charge is 2.32. The maximum Gasteiger partial charge on any atom is 0.253 e. The number of pyridine rings is 1. The van der Waals surface area contributed by atoms with Crippen molar-refractivity contribution < 1.29 is 13.6 Å².